The summed E-state index contributed by atoms with van der Waals surface area (Å²) in [5.41, 5.74) is 2.39. The predicted octanol–water partition coefficient (Wildman–Crippen LogP) is 4.24. The van der Waals surface area contributed by atoms with Gasteiger partial charge in [0.25, 0.3) is 5.91 Å². The minimum absolute atomic E-state index is 0.158. The normalized spacial score (nSPS) is 18.6. The Kier molecular flexibility index (Phi) is 7.82. The van der Waals surface area contributed by atoms with Crippen LogP contribution in [0.15, 0.2) is 48.5 Å². The maximum Gasteiger partial charge on any atom is 0.344 e. The molecule has 2 aromatic carbocycles. The van der Waals surface area contributed by atoms with Crippen molar-refractivity contribution in [1.82, 2.24) is 0 Å². The minimum Gasteiger partial charge on any atom is -0.482 e. The SMILES string of the molecule is C[C@@H]1CC(=O)Nc2ccccc2N1C(=O)COC(=O)COc1ccc(C2SCCCS2)cc1. The number of hydrogen-bond acceptors (Lipinski definition) is 7. The maximum atomic E-state index is 12.9. The van der Waals surface area contributed by atoms with Crippen molar-refractivity contribution in [3.05, 3.63) is 54.1 Å². The summed E-state index contributed by atoms with van der Waals surface area (Å²) < 4.78 is 11.1. The van der Waals surface area contributed by atoms with Crippen LogP contribution in [0.1, 0.15) is 29.9 Å². The number of amides is 2. The fourth-order valence-corrected chi connectivity index (χ4v) is 6.66. The van der Waals surface area contributed by atoms with E-state index in [0.29, 0.717) is 21.7 Å². The van der Waals surface area contributed by atoms with Crippen molar-refractivity contribution in [2.24, 2.45) is 0 Å². The molecule has 0 saturated carbocycles. The summed E-state index contributed by atoms with van der Waals surface area (Å²) in [7, 11) is 0. The molecule has 0 radical (unpaired) electrons. The van der Waals surface area contributed by atoms with Crippen LogP contribution in [0.5, 0.6) is 5.75 Å². The zero-order valence-electron chi connectivity index (χ0n) is 18.3. The summed E-state index contributed by atoms with van der Waals surface area (Å²) in [5.74, 6) is 1.74. The molecule has 2 aliphatic heterocycles. The Morgan fingerprint density at radius 2 is 1.79 bits per heavy atom. The first kappa shape index (κ1) is 23.5. The highest BCUT2D eigenvalue weighted by Crippen LogP contribution is 2.43. The largest absolute Gasteiger partial charge is 0.482 e. The van der Waals surface area contributed by atoms with Gasteiger partial charge >= 0.3 is 5.97 Å². The predicted molar refractivity (Wildman–Crippen MR) is 132 cm³/mol. The first-order valence-electron chi connectivity index (χ1n) is 10.8. The zero-order chi connectivity index (χ0) is 23.2. The number of hydrogen-bond donors (Lipinski definition) is 1. The molecule has 0 aromatic heterocycles. The molecule has 2 aliphatic rings. The highest BCUT2D eigenvalue weighted by molar-refractivity contribution is 8.16. The molecule has 2 heterocycles. The molecule has 0 spiro atoms. The quantitative estimate of drug-likeness (QED) is 0.611. The van der Waals surface area contributed by atoms with Gasteiger partial charge in [-0.05, 0) is 54.7 Å². The van der Waals surface area contributed by atoms with Gasteiger partial charge in [0.2, 0.25) is 5.91 Å². The lowest BCUT2D eigenvalue weighted by molar-refractivity contribution is -0.149. The molecule has 1 saturated heterocycles. The molecular formula is C24H26N2O5S2. The van der Waals surface area contributed by atoms with Gasteiger partial charge in [0, 0.05) is 12.5 Å². The van der Waals surface area contributed by atoms with Crippen molar-refractivity contribution in [1.29, 1.82) is 0 Å². The summed E-state index contributed by atoms with van der Waals surface area (Å²) in [6, 6.07) is 14.5. The molecule has 0 aliphatic carbocycles. The summed E-state index contributed by atoms with van der Waals surface area (Å²) in [6.45, 7) is 1.08. The maximum absolute atomic E-state index is 12.9. The van der Waals surface area contributed by atoms with E-state index in [1.165, 1.54) is 28.4 Å². The van der Waals surface area contributed by atoms with E-state index in [1.807, 2.05) is 47.8 Å². The van der Waals surface area contributed by atoms with Gasteiger partial charge in [-0.2, -0.15) is 0 Å². The van der Waals surface area contributed by atoms with Gasteiger partial charge in [0.15, 0.2) is 13.2 Å². The number of anilines is 2. The second kappa shape index (κ2) is 11.0. The number of nitrogens with zero attached hydrogens (tertiary/aromatic N) is 1. The van der Waals surface area contributed by atoms with E-state index in [2.05, 4.69) is 5.32 Å². The number of carbonyl (C=O) groups is 3. The van der Waals surface area contributed by atoms with Gasteiger partial charge in [-0.25, -0.2) is 4.79 Å². The minimum atomic E-state index is -0.629. The van der Waals surface area contributed by atoms with E-state index >= 15 is 0 Å². The fourth-order valence-electron chi connectivity index (χ4n) is 3.76. The number of benzene rings is 2. The molecular weight excluding hydrogens is 460 g/mol. The van der Waals surface area contributed by atoms with Crippen LogP contribution in [0, 0.1) is 0 Å². The molecule has 2 amide bonds. The average Bonchev–Trinajstić information content (AvgIpc) is 2.96. The number of para-hydroxylation sites is 2. The Balaban J connectivity index is 1.29. The standard InChI is InChI=1S/C24H26N2O5S2/c1-16-13-21(27)25-19-5-2-3-6-20(19)26(16)22(28)14-31-23(29)15-30-18-9-7-17(8-10-18)24-32-11-4-12-33-24/h2-3,5-10,16,24H,4,11-15H2,1H3,(H,25,27)/t16-/m1/s1. The molecule has 7 nitrogen and oxygen atoms in total. The molecule has 174 valence electrons. The number of esters is 1. The highest BCUT2D eigenvalue weighted by atomic mass is 32.2. The smallest absolute Gasteiger partial charge is 0.344 e. The van der Waals surface area contributed by atoms with Crippen LogP contribution >= 0.6 is 23.5 Å². The lowest BCUT2D eigenvalue weighted by Crippen LogP contribution is -2.41. The van der Waals surface area contributed by atoms with Crippen LogP contribution in [0.4, 0.5) is 11.4 Å². The summed E-state index contributed by atoms with van der Waals surface area (Å²) in [6.07, 6.45) is 1.40. The molecule has 4 rings (SSSR count). The Morgan fingerprint density at radius 1 is 1.06 bits per heavy atom. The lowest BCUT2D eigenvalue weighted by atomic mass is 10.1. The van der Waals surface area contributed by atoms with E-state index in [9.17, 15) is 14.4 Å². The zero-order valence-corrected chi connectivity index (χ0v) is 20.0. The third kappa shape index (κ3) is 6.03. The summed E-state index contributed by atoms with van der Waals surface area (Å²) in [5, 5.41) is 2.80. The van der Waals surface area contributed by atoms with E-state index in [1.54, 1.807) is 31.2 Å². The topological polar surface area (TPSA) is 84.9 Å². The van der Waals surface area contributed by atoms with Gasteiger partial charge in [-0.1, -0.05) is 24.3 Å². The van der Waals surface area contributed by atoms with Gasteiger partial charge in [-0.3, -0.25) is 9.59 Å². The Hall–Kier alpha value is -2.65. The van der Waals surface area contributed by atoms with Gasteiger partial charge in [-0.15, -0.1) is 23.5 Å². The van der Waals surface area contributed by atoms with Crippen LogP contribution in [-0.4, -0.2) is 48.5 Å². The van der Waals surface area contributed by atoms with Crippen LogP contribution < -0.4 is 15.0 Å². The van der Waals surface area contributed by atoms with Crippen molar-refractivity contribution in [2.75, 3.05) is 34.9 Å². The molecule has 1 N–H and O–H groups in total. The average molecular weight is 487 g/mol. The van der Waals surface area contributed by atoms with E-state index in [4.69, 9.17) is 9.47 Å². The number of thioether (sulfide) groups is 2. The molecule has 0 unspecified atom stereocenters. The first-order chi connectivity index (χ1) is 16.0. The van der Waals surface area contributed by atoms with Crippen LogP contribution in [0.25, 0.3) is 0 Å². The summed E-state index contributed by atoms with van der Waals surface area (Å²) >= 11 is 3.90. The van der Waals surface area contributed by atoms with Crippen LogP contribution in [-0.2, 0) is 19.1 Å². The monoisotopic (exact) mass is 486 g/mol. The number of carbonyl (C=O) groups excluding carboxylic acids is 3. The van der Waals surface area contributed by atoms with E-state index in [0.717, 1.165) is 0 Å². The van der Waals surface area contributed by atoms with Crippen LogP contribution in [0.2, 0.25) is 0 Å². The van der Waals surface area contributed by atoms with Crippen LogP contribution in [0.3, 0.4) is 0 Å². The molecule has 2 aromatic rings. The number of ether oxygens (including phenoxy) is 2. The van der Waals surface area contributed by atoms with Crippen molar-refractivity contribution in [3.8, 4) is 5.75 Å². The molecule has 9 heteroatoms. The molecule has 1 atom stereocenters. The van der Waals surface area contributed by atoms with Crippen molar-refractivity contribution >= 4 is 52.7 Å². The Labute approximate surface area is 201 Å². The highest BCUT2D eigenvalue weighted by Gasteiger charge is 2.30. The fraction of sp³-hybridized carbons (Fsp3) is 0.375. The Morgan fingerprint density at radius 3 is 2.55 bits per heavy atom. The first-order valence-corrected chi connectivity index (χ1v) is 12.9. The van der Waals surface area contributed by atoms with Crippen molar-refractivity contribution in [2.45, 2.75) is 30.4 Å². The molecule has 33 heavy (non-hydrogen) atoms. The van der Waals surface area contributed by atoms with Gasteiger partial charge in [0.05, 0.1) is 16.0 Å². The number of rotatable bonds is 6. The summed E-state index contributed by atoms with van der Waals surface area (Å²) in [4.78, 5) is 38.6. The van der Waals surface area contributed by atoms with Gasteiger partial charge < -0.3 is 19.7 Å². The molecule has 1 fully saturated rings. The second-order valence-electron chi connectivity index (χ2n) is 7.83. The van der Waals surface area contributed by atoms with Crippen molar-refractivity contribution < 1.29 is 23.9 Å². The third-order valence-corrected chi connectivity index (χ3v) is 8.34. The van der Waals surface area contributed by atoms with E-state index < -0.39 is 18.5 Å². The number of nitrogens with one attached hydrogen (secondary N) is 1. The Bertz CT molecular complexity index is 1010. The van der Waals surface area contributed by atoms with Gasteiger partial charge in [0.1, 0.15) is 5.75 Å². The van der Waals surface area contributed by atoms with Crippen molar-refractivity contribution in [3.63, 3.8) is 0 Å². The lowest BCUT2D eigenvalue weighted by Gasteiger charge is -2.27. The number of fused-ring (bicyclic) bond motifs is 1. The third-order valence-electron chi connectivity index (χ3n) is 5.32. The second-order valence-corrected chi connectivity index (χ2v) is 10.6. The molecule has 0 bridgehead atoms. The van der Waals surface area contributed by atoms with E-state index in [-0.39, 0.29) is 25.0 Å².